The molecule has 2 saturated heterocycles. The van der Waals surface area contributed by atoms with Crippen molar-refractivity contribution in [1.29, 1.82) is 5.26 Å². The summed E-state index contributed by atoms with van der Waals surface area (Å²) >= 11 is 0. The molecule has 0 aromatic carbocycles. The summed E-state index contributed by atoms with van der Waals surface area (Å²) in [6.45, 7) is 3.64. The van der Waals surface area contributed by atoms with Crippen molar-refractivity contribution in [2.45, 2.75) is 24.9 Å². The van der Waals surface area contributed by atoms with Crippen molar-refractivity contribution < 1.29 is 4.74 Å². The summed E-state index contributed by atoms with van der Waals surface area (Å²) in [5.41, 5.74) is 6.01. The molecule has 2 fully saturated rings. The van der Waals surface area contributed by atoms with Crippen molar-refractivity contribution in [2.24, 2.45) is 0 Å². The van der Waals surface area contributed by atoms with Gasteiger partial charge in [-0.3, -0.25) is 4.90 Å². The average Bonchev–Trinajstić information content (AvgIpc) is 3.09. The summed E-state index contributed by atoms with van der Waals surface area (Å²) in [5.74, 6) is 0.669. The number of anilines is 2. The van der Waals surface area contributed by atoms with Crippen LogP contribution in [0, 0.1) is 11.3 Å². The Balaban J connectivity index is 1.70. The maximum absolute atomic E-state index is 8.82. The monoisotopic (exact) mass is 274 g/mol. The van der Waals surface area contributed by atoms with Gasteiger partial charge in [0, 0.05) is 0 Å². The Morgan fingerprint density at radius 3 is 2.90 bits per heavy atom. The minimum Gasteiger partial charge on any atom is -0.382 e. The zero-order valence-electron chi connectivity index (χ0n) is 11.2. The number of hydrogen-bond donors (Lipinski definition) is 2. The van der Waals surface area contributed by atoms with E-state index in [9.17, 15) is 0 Å². The van der Waals surface area contributed by atoms with Gasteiger partial charge in [-0.2, -0.15) is 10.2 Å². The van der Waals surface area contributed by atoms with Gasteiger partial charge >= 0.3 is 0 Å². The molecule has 3 N–H and O–H groups in total. The summed E-state index contributed by atoms with van der Waals surface area (Å²) in [6.07, 6.45) is 3.96. The summed E-state index contributed by atoms with van der Waals surface area (Å²) in [4.78, 5) is 10.7. The van der Waals surface area contributed by atoms with E-state index < -0.39 is 0 Å². The lowest BCUT2D eigenvalue weighted by atomic mass is 10.1. The molecule has 7 heteroatoms. The van der Waals surface area contributed by atoms with Crippen LogP contribution >= 0.6 is 0 Å². The predicted octanol–water partition coefficient (Wildman–Crippen LogP) is 0.206. The number of nitrogens with zero attached hydrogens (tertiary/aromatic N) is 4. The summed E-state index contributed by atoms with van der Waals surface area (Å²) < 4.78 is 5.59. The number of nitrogens with two attached hydrogens (primary N) is 1. The lowest BCUT2D eigenvalue weighted by Crippen LogP contribution is -2.45. The van der Waals surface area contributed by atoms with E-state index >= 15 is 0 Å². The van der Waals surface area contributed by atoms with E-state index in [-0.39, 0.29) is 11.9 Å². The fraction of sp³-hybridized carbons (Fsp3) is 0.615. The van der Waals surface area contributed by atoms with Crippen molar-refractivity contribution in [1.82, 2.24) is 14.9 Å². The standard InChI is InChI=1S/C13H18N6O/c14-5-9-6-16-13(18-12(9)15)17-10-7-20-8-11(10)19-3-1-2-4-19/h6,10-11H,1-4,7-8H2,(H3,15,16,17,18)/t10-,11-/m0/s1. The van der Waals surface area contributed by atoms with Crippen molar-refractivity contribution in [3.05, 3.63) is 11.8 Å². The van der Waals surface area contributed by atoms with Crippen LogP contribution in [0.15, 0.2) is 6.20 Å². The van der Waals surface area contributed by atoms with Gasteiger partial charge in [-0.25, -0.2) is 4.98 Å². The van der Waals surface area contributed by atoms with E-state index in [1.54, 1.807) is 0 Å². The summed E-state index contributed by atoms with van der Waals surface area (Å²) in [5, 5.41) is 12.1. The summed E-state index contributed by atoms with van der Waals surface area (Å²) in [6, 6.07) is 2.49. The fourth-order valence-electron chi connectivity index (χ4n) is 2.83. The molecule has 1 aromatic heterocycles. The van der Waals surface area contributed by atoms with Gasteiger partial charge in [-0.05, 0) is 25.9 Å². The molecule has 20 heavy (non-hydrogen) atoms. The molecular formula is C13H18N6O. The zero-order chi connectivity index (χ0) is 13.9. The molecule has 1 aromatic rings. The quantitative estimate of drug-likeness (QED) is 0.812. The maximum Gasteiger partial charge on any atom is 0.225 e. The molecule has 2 atom stereocenters. The second-order valence-electron chi connectivity index (χ2n) is 5.20. The first kappa shape index (κ1) is 13.1. The molecular weight excluding hydrogens is 256 g/mol. The predicted molar refractivity (Wildman–Crippen MR) is 74.0 cm³/mol. The van der Waals surface area contributed by atoms with Crippen LogP contribution in [0.5, 0.6) is 0 Å². The molecule has 3 rings (SSSR count). The first-order valence-electron chi connectivity index (χ1n) is 6.89. The van der Waals surface area contributed by atoms with Crippen molar-refractivity contribution in [3.63, 3.8) is 0 Å². The first-order valence-corrected chi connectivity index (χ1v) is 6.89. The van der Waals surface area contributed by atoms with Crippen molar-refractivity contribution in [3.8, 4) is 6.07 Å². The van der Waals surface area contributed by atoms with Crippen LogP contribution in [0.2, 0.25) is 0 Å². The van der Waals surface area contributed by atoms with Crippen LogP contribution in [-0.4, -0.2) is 53.3 Å². The fourth-order valence-corrected chi connectivity index (χ4v) is 2.83. The Hall–Kier alpha value is -1.91. The zero-order valence-corrected chi connectivity index (χ0v) is 11.2. The van der Waals surface area contributed by atoms with E-state index in [0.29, 0.717) is 24.2 Å². The van der Waals surface area contributed by atoms with E-state index in [0.717, 1.165) is 19.7 Å². The Bertz CT molecular complexity index is 522. The largest absolute Gasteiger partial charge is 0.382 e. The minimum absolute atomic E-state index is 0.167. The number of rotatable bonds is 3. The minimum atomic E-state index is 0.167. The van der Waals surface area contributed by atoms with E-state index in [2.05, 4.69) is 20.2 Å². The molecule has 0 bridgehead atoms. The molecule has 106 valence electrons. The highest BCUT2D eigenvalue weighted by molar-refractivity contribution is 5.50. The number of nitriles is 1. The molecule has 0 spiro atoms. The smallest absolute Gasteiger partial charge is 0.225 e. The van der Waals surface area contributed by atoms with Gasteiger partial charge in [-0.1, -0.05) is 0 Å². The number of ether oxygens (including phenoxy) is 1. The van der Waals surface area contributed by atoms with E-state index in [1.807, 2.05) is 6.07 Å². The molecule has 0 radical (unpaired) electrons. The highest BCUT2D eigenvalue weighted by Crippen LogP contribution is 2.21. The SMILES string of the molecule is N#Cc1cnc(N[C@H]2COC[C@@H]2N2CCCC2)nc1N. The number of aromatic nitrogens is 2. The number of hydrogen-bond acceptors (Lipinski definition) is 7. The highest BCUT2D eigenvalue weighted by atomic mass is 16.5. The third-order valence-corrected chi connectivity index (χ3v) is 3.91. The second kappa shape index (κ2) is 5.61. The lowest BCUT2D eigenvalue weighted by molar-refractivity contribution is 0.159. The Morgan fingerprint density at radius 1 is 1.40 bits per heavy atom. The van der Waals surface area contributed by atoms with Crippen molar-refractivity contribution >= 4 is 11.8 Å². The molecule has 0 saturated carbocycles. The second-order valence-corrected chi connectivity index (χ2v) is 5.20. The Morgan fingerprint density at radius 2 is 2.20 bits per heavy atom. The van der Waals surface area contributed by atoms with Crippen molar-refractivity contribution in [2.75, 3.05) is 37.4 Å². The van der Waals surface area contributed by atoms with Crippen LogP contribution in [-0.2, 0) is 4.74 Å². The van der Waals surface area contributed by atoms with Gasteiger partial charge in [0.15, 0.2) is 0 Å². The van der Waals surface area contributed by atoms with Crippen LogP contribution in [0.25, 0.3) is 0 Å². The third-order valence-electron chi connectivity index (χ3n) is 3.91. The van der Waals surface area contributed by atoms with Crippen LogP contribution in [0.1, 0.15) is 18.4 Å². The van der Waals surface area contributed by atoms with Crippen LogP contribution < -0.4 is 11.1 Å². The number of nitrogens with one attached hydrogen (secondary N) is 1. The van der Waals surface area contributed by atoms with E-state index in [4.69, 9.17) is 15.7 Å². The lowest BCUT2D eigenvalue weighted by Gasteiger charge is -2.27. The van der Waals surface area contributed by atoms with Crippen LogP contribution in [0.3, 0.4) is 0 Å². The van der Waals surface area contributed by atoms with Gasteiger partial charge in [0.1, 0.15) is 17.5 Å². The van der Waals surface area contributed by atoms with Gasteiger partial charge < -0.3 is 15.8 Å². The topological polar surface area (TPSA) is 100 Å². The molecule has 0 aliphatic carbocycles. The van der Waals surface area contributed by atoms with Gasteiger partial charge in [0.25, 0.3) is 0 Å². The van der Waals surface area contributed by atoms with Gasteiger partial charge in [0.05, 0.1) is 31.5 Å². The molecule has 0 amide bonds. The molecule has 0 unspecified atom stereocenters. The maximum atomic E-state index is 8.82. The average molecular weight is 274 g/mol. The third kappa shape index (κ3) is 2.53. The Kier molecular flexibility index (Phi) is 3.67. The van der Waals surface area contributed by atoms with Gasteiger partial charge in [-0.15, -0.1) is 0 Å². The van der Waals surface area contributed by atoms with Crippen LogP contribution in [0.4, 0.5) is 11.8 Å². The van der Waals surface area contributed by atoms with Gasteiger partial charge in [0.2, 0.25) is 5.95 Å². The van der Waals surface area contributed by atoms with E-state index in [1.165, 1.54) is 19.0 Å². The Labute approximate surface area is 117 Å². The number of likely N-dealkylation sites (tertiary alicyclic amines) is 1. The molecule has 2 aliphatic rings. The number of nitrogen functional groups attached to an aromatic ring is 1. The molecule has 7 nitrogen and oxygen atoms in total. The normalized spacial score (nSPS) is 26.6. The highest BCUT2D eigenvalue weighted by Gasteiger charge is 2.34. The molecule has 2 aliphatic heterocycles. The summed E-state index contributed by atoms with van der Waals surface area (Å²) in [7, 11) is 0. The first-order chi connectivity index (χ1) is 9.78. The molecule has 3 heterocycles.